The highest BCUT2D eigenvalue weighted by molar-refractivity contribution is 7.10. The standard InChI is InChI=1S/C13H21N3OS/c1-10-8-16(6-5-14-10)9-13(17)15-11(2)12-4-3-7-18-12/h3-4,7,10-11,14H,5-6,8-9H2,1-2H3,(H,15,17)/t10-,11?/m1/s1. The summed E-state index contributed by atoms with van der Waals surface area (Å²) >= 11 is 1.68. The summed E-state index contributed by atoms with van der Waals surface area (Å²) in [5.41, 5.74) is 0. The first kappa shape index (κ1) is 13.5. The summed E-state index contributed by atoms with van der Waals surface area (Å²) in [5, 5.41) is 8.47. The van der Waals surface area contributed by atoms with Crippen molar-refractivity contribution in [2.75, 3.05) is 26.2 Å². The topological polar surface area (TPSA) is 44.4 Å². The van der Waals surface area contributed by atoms with Gasteiger partial charge in [-0.3, -0.25) is 9.69 Å². The molecular formula is C13H21N3OS. The van der Waals surface area contributed by atoms with E-state index in [9.17, 15) is 4.79 Å². The highest BCUT2D eigenvalue weighted by atomic mass is 32.1. The second-order valence-corrected chi connectivity index (χ2v) is 5.87. The molecule has 4 nitrogen and oxygen atoms in total. The van der Waals surface area contributed by atoms with Gasteiger partial charge in [-0.2, -0.15) is 0 Å². The summed E-state index contributed by atoms with van der Waals surface area (Å²) < 4.78 is 0. The molecule has 100 valence electrons. The van der Waals surface area contributed by atoms with Crippen LogP contribution in [0, 0.1) is 0 Å². The van der Waals surface area contributed by atoms with E-state index in [1.807, 2.05) is 18.4 Å². The van der Waals surface area contributed by atoms with Gasteiger partial charge in [0, 0.05) is 30.6 Å². The van der Waals surface area contributed by atoms with E-state index < -0.39 is 0 Å². The Morgan fingerprint density at radius 2 is 2.56 bits per heavy atom. The van der Waals surface area contributed by atoms with Crippen LogP contribution in [-0.2, 0) is 4.79 Å². The number of carbonyl (C=O) groups is 1. The predicted octanol–water partition coefficient (Wildman–Crippen LogP) is 1.22. The Kier molecular flexibility index (Phi) is 4.74. The number of thiophene rings is 1. The molecule has 2 rings (SSSR count). The molecule has 1 fully saturated rings. The van der Waals surface area contributed by atoms with Crippen molar-refractivity contribution in [2.24, 2.45) is 0 Å². The van der Waals surface area contributed by atoms with E-state index in [2.05, 4.69) is 28.5 Å². The third-order valence-electron chi connectivity index (χ3n) is 3.17. The molecule has 1 amide bonds. The van der Waals surface area contributed by atoms with Gasteiger partial charge < -0.3 is 10.6 Å². The minimum absolute atomic E-state index is 0.109. The van der Waals surface area contributed by atoms with Gasteiger partial charge in [0.2, 0.25) is 5.91 Å². The van der Waals surface area contributed by atoms with Crippen LogP contribution in [0.3, 0.4) is 0 Å². The fourth-order valence-corrected chi connectivity index (χ4v) is 2.99. The molecule has 0 aliphatic carbocycles. The first-order valence-electron chi connectivity index (χ1n) is 6.43. The smallest absolute Gasteiger partial charge is 0.234 e. The van der Waals surface area contributed by atoms with E-state index in [0.717, 1.165) is 19.6 Å². The van der Waals surface area contributed by atoms with Crippen LogP contribution in [0.4, 0.5) is 0 Å². The predicted molar refractivity (Wildman–Crippen MR) is 74.8 cm³/mol. The van der Waals surface area contributed by atoms with Gasteiger partial charge in [-0.05, 0) is 25.3 Å². The van der Waals surface area contributed by atoms with Crippen LogP contribution < -0.4 is 10.6 Å². The van der Waals surface area contributed by atoms with Crippen molar-refractivity contribution in [1.29, 1.82) is 0 Å². The first-order chi connectivity index (χ1) is 8.65. The largest absolute Gasteiger partial charge is 0.348 e. The number of rotatable bonds is 4. The van der Waals surface area contributed by atoms with E-state index >= 15 is 0 Å². The van der Waals surface area contributed by atoms with Gasteiger partial charge in [0.15, 0.2) is 0 Å². The zero-order valence-electron chi connectivity index (χ0n) is 11.0. The molecule has 1 unspecified atom stereocenters. The lowest BCUT2D eigenvalue weighted by molar-refractivity contribution is -0.123. The zero-order valence-corrected chi connectivity index (χ0v) is 11.8. The minimum Gasteiger partial charge on any atom is -0.348 e. The average Bonchev–Trinajstić information content (AvgIpc) is 2.81. The molecule has 0 radical (unpaired) electrons. The fraction of sp³-hybridized carbons (Fsp3) is 0.615. The number of nitrogens with one attached hydrogen (secondary N) is 2. The average molecular weight is 267 g/mol. The van der Waals surface area contributed by atoms with Crippen molar-refractivity contribution in [3.63, 3.8) is 0 Å². The van der Waals surface area contributed by atoms with Crippen LogP contribution >= 0.6 is 11.3 Å². The number of nitrogens with zero attached hydrogens (tertiary/aromatic N) is 1. The van der Waals surface area contributed by atoms with Crippen molar-refractivity contribution in [3.05, 3.63) is 22.4 Å². The number of hydrogen-bond acceptors (Lipinski definition) is 4. The number of piperazine rings is 1. The Hall–Kier alpha value is -0.910. The fourth-order valence-electron chi connectivity index (χ4n) is 2.25. The Bertz CT molecular complexity index is 380. The lowest BCUT2D eigenvalue weighted by Gasteiger charge is -2.31. The Morgan fingerprint density at radius 1 is 1.72 bits per heavy atom. The van der Waals surface area contributed by atoms with E-state index in [1.54, 1.807) is 11.3 Å². The second kappa shape index (κ2) is 6.31. The van der Waals surface area contributed by atoms with Crippen LogP contribution in [0.2, 0.25) is 0 Å². The molecule has 5 heteroatoms. The summed E-state index contributed by atoms with van der Waals surface area (Å²) in [7, 11) is 0. The molecule has 0 saturated carbocycles. The SMILES string of the molecule is CC(NC(=O)CN1CCN[C@H](C)C1)c1cccs1. The van der Waals surface area contributed by atoms with Gasteiger partial charge in [0.05, 0.1) is 12.6 Å². The molecule has 0 bridgehead atoms. The van der Waals surface area contributed by atoms with Crippen molar-refractivity contribution in [3.8, 4) is 0 Å². The van der Waals surface area contributed by atoms with Gasteiger partial charge in [0.25, 0.3) is 0 Å². The van der Waals surface area contributed by atoms with Crippen molar-refractivity contribution < 1.29 is 4.79 Å². The van der Waals surface area contributed by atoms with E-state index in [-0.39, 0.29) is 11.9 Å². The third-order valence-corrected chi connectivity index (χ3v) is 4.22. The summed E-state index contributed by atoms with van der Waals surface area (Å²) in [5.74, 6) is 0.116. The van der Waals surface area contributed by atoms with E-state index in [4.69, 9.17) is 0 Å². The number of carbonyl (C=O) groups excluding carboxylic acids is 1. The van der Waals surface area contributed by atoms with Crippen LogP contribution in [0.15, 0.2) is 17.5 Å². The first-order valence-corrected chi connectivity index (χ1v) is 7.31. The highest BCUT2D eigenvalue weighted by Gasteiger charge is 2.19. The minimum atomic E-state index is 0.109. The monoisotopic (exact) mass is 267 g/mol. The summed E-state index contributed by atoms with van der Waals surface area (Å²) in [6.45, 7) is 7.55. The van der Waals surface area contributed by atoms with Crippen molar-refractivity contribution >= 4 is 17.2 Å². The molecule has 1 aliphatic rings. The molecule has 1 saturated heterocycles. The number of amides is 1. The van der Waals surface area contributed by atoms with Crippen LogP contribution in [0.1, 0.15) is 24.8 Å². The van der Waals surface area contributed by atoms with Gasteiger partial charge in [-0.1, -0.05) is 6.07 Å². The summed E-state index contributed by atoms with van der Waals surface area (Å²) in [6, 6.07) is 4.66. The molecule has 18 heavy (non-hydrogen) atoms. The molecule has 0 spiro atoms. The lowest BCUT2D eigenvalue weighted by atomic mass is 10.2. The van der Waals surface area contributed by atoms with Gasteiger partial charge in [-0.25, -0.2) is 0 Å². The van der Waals surface area contributed by atoms with E-state index in [0.29, 0.717) is 12.6 Å². The molecule has 2 atom stereocenters. The quantitative estimate of drug-likeness (QED) is 0.862. The zero-order chi connectivity index (χ0) is 13.0. The van der Waals surface area contributed by atoms with Crippen molar-refractivity contribution in [2.45, 2.75) is 25.9 Å². The maximum Gasteiger partial charge on any atom is 0.234 e. The molecular weight excluding hydrogens is 246 g/mol. The highest BCUT2D eigenvalue weighted by Crippen LogP contribution is 2.17. The van der Waals surface area contributed by atoms with Gasteiger partial charge in [0.1, 0.15) is 0 Å². The maximum absolute atomic E-state index is 12.0. The molecule has 2 heterocycles. The maximum atomic E-state index is 12.0. The number of hydrogen-bond donors (Lipinski definition) is 2. The van der Waals surface area contributed by atoms with Gasteiger partial charge in [-0.15, -0.1) is 11.3 Å². The van der Waals surface area contributed by atoms with Crippen molar-refractivity contribution in [1.82, 2.24) is 15.5 Å². The molecule has 1 aromatic heterocycles. The summed E-state index contributed by atoms with van der Waals surface area (Å²) in [6.07, 6.45) is 0. The molecule has 2 N–H and O–H groups in total. The van der Waals surface area contributed by atoms with E-state index in [1.165, 1.54) is 4.88 Å². The third kappa shape index (κ3) is 3.80. The Labute approximate surface area is 112 Å². The summed E-state index contributed by atoms with van der Waals surface area (Å²) in [4.78, 5) is 15.4. The van der Waals surface area contributed by atoms with Gasteiger partial charge >= 0.3 is 0 Å². The molecule has 1 aromatic rings. The Balaban J connectivity index is 1.78. The molecule has 0 aromatic carbocycles. The van der Waals surface area contributed by atoms with Crippen LogP contribution in [0.5, 0.6) is 0 Å². The Morgan fingerprint density at radius 3 is 3.22 bits per heavy atom. The molecule has 1 aliphatic heterocycles. The lowest BCUT2D eigenvalue weighted by Crippen LogP contribution is -2.51. The second-order valence-electron chi connectivity index (χ2n) is 4.89. The van der Waals surface area contributed by atoms with Crippen LogP contribution in [-0.4, -0.2) is 43.0 Å². The normalized spacial score (nSPS) is 22.7. The van der Waals surface area contributed by atoms with Crippen LogP contribution in [0.25, 0.3) is 0 Å².